The maximum atomic E-state index is 12.2. The normalized spacial score (nSPS) is 14.0. The number of hydrogen-bond donors (Lipinski definition) is 2. The Balaban J connectivity index is 1.61. The first-order valence-electron chi connectivity index (χ1n) is 9.68. The summed E-state index contributed by atoms with van der Waals surface area (Å²) in [6.07, 6.45) is -0.765. The number of benzene rings is 2. The van der Waals surface area contributed by atoms with Gasteiger partial charge in [0.1, 0.15) is 6.61 Å². The minimum absolute atomic E-state index is 0.0754. The SMILES string of the molecule is CC(C)(C)COC[C@H](NC(=O)OCC1c2ccccc2-c2ccccc21)C(=O)O. The van der Waals surface area contributed by atoms with Gasteiger partial charge in [-0.05, 0) is 27.7 Å². The molecule has 0 aliphatic heterocycles. The predicted molar refractivity (Wildman–Crippen MR) is 110 cm³/mol. The summed E-state index contributed by atoms with van der Waals surface area (Å²) in [5.41, 5.74) is 4.38. The molecule has 2 N–H and O–H groups in total. The van der Waals surface area contributed by atoms with Crippen LogP contribution in [0.5, 0.6) is 0 Å². The standard InChI is InChI=1S/C23H27NO5/c1-23(2,3)14-28-13-20(21(25)26)24-22(27)29-12-19-17-10-6-4-8-15(17)16-9-5-7-11-18(16)19/h4-11,19-20H,12-14H2,1-3H3,(H,24,27)(H,25,26)/t20-/m0/s1. The molecule has 0 saturated heterocycles. The van der Waals surface area contributed by atoms with Crippen molar-refractivity contribution in [2.75, 3.05) is 19.8 Å². The van der Waals surface area contributed by atoms with Gasteiger partial charge in [-0.2, -0.15) is 0 Å². The maximum Gasteiger partial charge on any atom is 0.407 e. The van der Waals surface area contributed by atoms with Crippen molar-refractivity contribution >= 4 is 12.1 Å². The Morgan fingerprint density at radius 2 is 1.59 bits per heavy atom. The van der Waals surface area contributed by atoms with Crippen molar-refractivity contribution in [1.29, 1.82) is 0 Å². The molecule has 154 valence electrons. The Hall–Kier alpha value is -2.86. The smallest absolute Gasteiger partial charge is 0.407 e. The molecule has 3 rings (SSSR count). The zero-order chi connectivity index (χ0) is 21.0. The third kappa shape index (κ3) is 5.15. The average Bonchev–Trinajstić information content (AvgIpc) is 2.98. The predicted octanol–water partition coefficient (Wildman–Crippen LogP) is 4.04. The first-order chi connectivity index (χ1) is 13.8. The van der Waals surface area contributed by atoms with Gasteiger partial charge in [0.25, 0.3) is 0 Å². The van der Waals surface area contributed by atoms with Crippen LogP contribution < -0.4 is 5.32 Å². The molecule has 0 aromatic heterocycles. The second-order valence-corrected chi connectivity index (χ2v) is 8.44. The number of rotatable bonds is 7. The van der Waals surface area contributed by atoms with Crippen LogP contribution in [-0.4, -0.2) is 43.0 Å². The van der Waals surface area contributed by atoms with Crippen molar-refractivity contribution < 1.29 is 24.2 Å². The Morgan fingerprint density at radius 3 is 2.10 bits per heavy atom. The summed E-state index contributed by atoms with van der Waals surface area (Å²) in [5.74, 6) is -1.24. The van der Waals surface area contributed by atoms with Crippen molar-refractivity contribution in [2.45, 2.75) is 32.7 Å². The van der Waals surface area contributed by atoms with Crippen molar-refractivity contribution in [3.05, 3.63) is 59.7 Å². The highest BCUT2D eigenvalue weighted by Crippen LogP contribution is 2.44. The number of nitrogens with one attached hydrogen (secondary N) is 1. The lowest BCUT2D eigenvalue weighted by atomic mass is 9.98. The zero-order valence-electron chi connectivity index (χ0n) is 17.0. The highest BCUT2D eigenvalue weighted by atomic mass is 16.5. The highest BCUT2D eigenvalue weighted by molar-refractivity contribution is 5.81. The first kappa shape index (κ1) is 20.9. The minimum atomic E-state index is -1.16. The monoisotopic (exact) mass is 397 g/mol. The molecular weight excluding hydrogens is 370 g/mol. The van der Waals surface area contributed by atoms with Gasteiger partial charge in [-0.1, -0.05) is 69.3 Å². The molecule has 0 fully saturated rings. The van der Waals surface area contributed by atoms with Crippen LogP contribution in [0.25, 0.3) is 11.1 Å². The fraction of sp³-hybridized carbons (Fsp3) is 0.391. The Bertz CT molecular complexity index is 841. The molecule has 1 atom stereocenters. The molecule has 29 heavy (non-hydrogen) atoms. The largest absolute Gasteiger partial charge is 0.480 e. The van der Waals surface area contributed by atoms with Crippen molar-refractivity contribution in [2.24, 2.45) is 5.41 Å². The lowest BCUT2D eigenvalue weighted by Gasteiger charge is -2.21. The van der Waals surface area contributed by atoms with E-state index in [-0.39, 0.29) is 24.5 Å². The number of aliphatic carboxylic acids is 1. The molecule has 0 spiro atoms. The summed E-state index contributed by atoms with van der Waals surface area (Å²) in [4.78, 5) is 23.7. The Morgan fingerprint density at radius 1 is 1.03 bits per heavy atom. The molecule has 0 bridgehead atoms. The molecule has 6 heteroatoms. The number of hydrogen-bond acceptors (Lipinski definition) is 4. The minimum Gasteiger partial charge on any atom is -0.480 e. The molecule has 1 aliphatic carbocycles. The van der Waals surface area contributed by atoms with E-state index in [4.69, 9.17) is 9.47 Å². The number of carbonyl (C=O) groups excluding carboxylic acids is 1. The maximum absolute atomic E-state index is 12.2. The molecule has 1 amide bonds. The molecule has 1 aliphatic rings. The summed E-state index contributed by atoms with van der Waals surface area (Å²) >= 11 is 0. The van der Waals surface area contributed by atoms with Crippen LogP contribution in [0.2, 0.25) is 0 Å². The number of ether oxygens (including phenoxy) is 2. The fourth-order valence-electron chi connectivity index (χ4n) is 3.44. The lowest BCUT2D eigenvalue weighted by molar-refractivity contribution is -0.141. The quantitative estimate of drug-likeness (QED) is 0.737. The third-order valence-corrected chi connectivity index (χ3v) is 4.75. The number of carboxylic acids is 1. The molecule has 0 heterocycles. The van der Waals surface area contributed by atoms with E-state index in [0.29, 0.717) is 6.61 Å². The number of fused-ring (bicyclic) bond motifs is 3. The second-order valence-electron chi connectivity index (χ2n) is 8.44. The van der Waals surface area contributed by atoms with E-state index in [1.54, 1.807) is 0 Å². The van der Waals surface area contributed by atoms with Gasteiger partial charge in [-0.3, -0.25) is 0 Å². The second kappa shape index (κ2) is 8.66. The summed E-state index contributed by atoms with van der Waals surface area (Å²) in [7, 11) is 0. The summed E-state index contributed by atoms with van der Waals surface area (Å²) in [6.45, 7) is 6.38. The first-order valence-corrected chi connectivity index (χ1v) is 9.68. The van der Waals surface area contributed by atoms with Crippen LogP contribution in [0.15, 0.2) is 48.5 Å². The van der Waals surface area contributed by atoms with Crippen LogP contribution in [0.3, 0.4) is 0 Å². The van der Waals surface area contributed by atoms with E-state index < -0.39 is 18.1 Å². The van der Waals surface area contributed by atoms with Gasteiger partial charge in [-0.25, -0.2) is 9.59 Å². The van der Waals surface area contributed by atoms with Crippen LogP contribution in [0.1, 0.15) is 37.8 Å². The molecule has 0 saturated carbocycles. The molecular formula is C23H27NO5. The number of carbonyl (C=O) groups is 2. The average molecular weight is 397 g/mol. The van der Waals surface area contributed by atoms with Gasteiger partial charge < -0.3 is 19.9 Å². The molecule has 2 aromatic carbocycles. The van der Waals surface area contributed by atoms with Gasteiger partial charge in [0.2, 0.25) is 0 Å². The van der Waals surface area contributed by atoms with Crippen LogP contribution in [-0.2, 0) is 14.3 Å². The number of amides is 1. The van der Waals surface area contributed by atoms with Gasteiger partial charge in [-0.15, -0.1) is 0 Å². The van der Waals surface area contributed by atoms with Gasteiger partial charge in [0.15, 0.2) is 6.04 Å². The van der Waals surface area contributed by atoms with E-state index in [1.165, 1.54) is 0 Å². The topological polar surface area (TPSA) is 84.9 Å². The summed E-state index contributed by atoms with van der Waals surface area (Å²) < 4.78 is 10.8. The number of carboxylic acid groups (broad SMARTS) is 1. The molecule has 0 unspecified atom stereocenters. The molecule has 0 radical (unpaired) electrons. The highest BCUT2D eigenvalue weighted by Gasteiger charge is 2.29. The van der Waals surface area contributed by atoms with E-state index >= 15 is 0 Å². The van der Waals surface area contributed by atoms with E-state index in [2.05, 4.69) is 17.4 Å². The summed E-state index contributed by atoms with van der Waals surface area (Å²) in [6, 6.07) is 14.9. The van der Waals surface area contributed by atoms with E-state index in [0.717, 1.165) is 22.3 Å². The van der Waals surface area contributed by atoms with Gasteiger partial charge >= 0.3 is 12.1 Å². The molecule has 6 nitrogen and oxygen atoms in total. The third-order valence-electron chi connectivity index (χ3n) is 4.75. The van der Waals surface area contributed by atoms with E-state index in [1.807, 2.05) is 57.2 Å². The van der Waals surface area contributed by atoms with Crippen LogP contribution in [0.4, 0.5) is 4.79 Å². The Kier molecular flexibility index (Phi) is 6.23. The van der Waals surface area contributed by atoms with Gasteiger partial charge in [0.05, 0.1) is 13.2 Å². The van der Waals surface area contributed by atoms with Gasteiger partial charge in [0, 0.05) is 5.92 Å². The Labute approximate surface area is 170 Å². The number of alkyl carbamates (subject to hydrolysis) is 1. The van der Waals surface area contributed by atoms with Crippen molar-refractivity contribution in [1.82, 2.24) is 5.32 Å². The zero-order valence-corrected chi connectivity index (χ0v) is 17.0. The van der Waals surface area contributed by atoms with Crippen LogP contribution in [0, 0.1) is 5.41 Å². The van der Waals surface area contributed by atoms with Crippen LogP contribution >= 0.6 is 0 Å². The fourth-order valence-corrected chi connectivity index (χ4v) is 3.44. The van der Waals surface area contributed by atoms with Crippen molar-refractivity contribution in [3.63, 3.8) is 0 Å². The lowest BCUT2D eigenvalue weighted by Crippen LogP contribution is -2.45. The van der Waals surface area contributed by atoms with E-state index in [9.17, 15) is 14.7 Å². The molecule has 2 aromatic rings. The summed E-state index contributed by atoms with van der Waals surface area (Å²) in [5, 5.41) is 11.7. The van der Waals surface area contributed by atoms with Crippen molar-refractivity contribution in [3.8, 4) is 11.1 Å².